The molecule has 0 spiro atoms. The minimum Gasteiger partial charge on any atom is -0.322 e. The first-order valence-corrected chi connectivity index (χ1v) is 5.04. The van der Waals surface area contributed by atoms with Crippen LogP contribution >= 0.6 is 11.6 Å². The van der Waals surface area contributed by atoms with Crippen LogP contribution in [0.5, 0.6) is 0 Å². The zero-order valence-corrected chi connectivity index (χ0v) is 9.39. The third kappa shape index (κ3) is 2.94. The molecule has 80 valence electrons. The predicted molar refractivity (Wildman–Crippen MR) is 59.6 cm³/mol. The summed E-state index contributed by atoms with van der Waals surface area (Å²) in [5.41, 5.74) is 0. The second-order valence-corrected chi connectivity index (χ2v) is 3.66. The van der Waals surface area contributed by atoms with Crippen molar-refractivity contribution >= 4 is 23.2 Å². The first kappa shape index (κ1) is 11.4. The molecule has 0 fully saturated rings. The quantitative estimate of drug-likeness (QED) is 0.473. The van der Waals surface area contributed by atoms with Gasteiger partial charge in [-0.2, -0.15) is 4.99 Å². The van der Waals surface area contributed by atoms with E-state index in [4.69, 9.17) is 11.6 Å². The van der Waals surface area contributed by atoms with Gasteiger partial charge in [-0.05, 0) is 32.0 Å². The zero-order chi connectivity index (χ0) is 10.6. The first-order valence-electron chi connectivity index (χ1n) is 4.66. The molecule has 5 nitrogen and oxygen atoms in total. The molecule has 0 aromatic carbocycles. The van der Waals surface area contributed by atoms with Crippen molar-refractivity contribution in [2.24, 2.45) is 9.98 Å². The monoisotopic (exact) mass is 217 g/mol. The Hall–Kier alpha value is -0.650. The Morgan fingerprint density at radius 1 is 1.64 bits per heavy atom. The highest BCUT2D eigenvalue weighted by molar-refractivity contribution is 6.65. The van der Waals surface area contributed by atoms with E-state index in [9.17, 15) is 0 Å². The number of nitrogens with one attached hydrogen (secondary N) is 3. The maximum Gasteiger partial charge on any atom is 0.268 e. The number of amidine groups is 1. The summed E-state index contributed by atoms with van der Waals surface area (Å²) in [5.74, 6) is -0.814. The summed E-state index contributed by atoms with van der Waals surface area (Å²) in [7, 11) is 0. The summed E-state index contributed by atoms with van der Waals surface area (Å²) in [5, 5.41) is 9.38. The average Bonchev–Trinajstić information content (AvgIpc) is 2.02. The van der Waals surface area contributed by atoms with Gasteiger partial charge < -0.3 is 5.32 Å². The lowest BCUT2D eigenvalue weighted by Gasteiger charge is -2.31. The second kappa shape index (κ2) is 4.72. The average molecular weight is 218 g/mol. The van der Waals surface area contributed by atoms with Crippen LogP contribution in [0.25, 0.3) is 0 Å². The van der Waals surface area contributed by atoms with E-state index in [0.29, 0.717) is 5.29 Å². The van der Waals surface area contributed by atoms with Crippen molar-refractivity contribution in [3.05, 3.63) is 0 Å². The molecule has 0 aromatic rings. The maximum atomic E-state index is 5.79. The molecule has 1 aliphatic rings. The number of rotatable bonds is 4. The molecule has 1 atom stereocenters. The Morgan fingerprint density at radius 3 is 2.86 bits per heavy atom. The van der Waals surface area contributed by atoms with Crippen molar-refractivity contribution in [2.45, 2.75) is 32.7 Å². The molecule has 6 heteroatoms. The normalized spacial score (nSPS) is 26.2. The Morgan fingerprint density at radius 2 is 2.36 bits per heavy atom. The third-order valence-electron chi connectivity index (χ3n) is 1.61. The van der Waals surface area contributed by atoms with Crippen LogP contribution < -0.4 is 16.0 Å². The molecular weight excluding hydrogens is 202 g/mol. The highest BCUT2D eigenvalue weighted by Gasteiger charge is 2.29. The molecular formula is C8H16ClN5. The first-order chi connectivity index (χ1) is 6.58. The van der Waals surface area contributed by atoms with Crippen molar-refractivity contribution in [2.75, 3.05) is 6.54 Å². The Labute approximate surface area is 89.0 Å². The van der Waals surface area contributed by atoms with E-state index in [2.05, 4.69) is 25.9 Å². The number of hydrogen-bond donors (Lipinski definition) is 3. The highest BCUT2D eigenvalue weighted by Crippen LogP contribution is 2.09. The fourth-order valence-electron chi connectivity index (χ4n) is 1.24. The summed E-state index contributed by atoms with van der Waals surface area (Å²) in [6.45, 7) is 6.80. The minimum atomic E-state index is -0.814. The summed E-state index contributed by atoms with van der Waals surface area (Å²) in [6, 6.07) is 0.262. The fraction of sp³-hybridized carbons (Fsp3) is 0.750. The highest BCUT2D eigenvalue weighted by atomic mass is 35.5. The van der Waals surface area contributed by atoms with Gasteiger partial charge in [-0.3, -0.25) is 10.6 Å². The summed E-state index contributed by atoms with van der Waals surface area (Å²) in [6.07, 6.45) is 1.54. The summed E-state index contributed by atoms with van der Waals surface area (Å²) in [4.78, 5) is 8.41. The molecule has 1 aliphatic heterocycles. The Kier molecular flexibility index (Phi) is 3.86. The lowest BCUT2D eigenvalue weighted by molar-refractivity contribution is 0.262. The second-order valence-electron chi connectivity index (χ2n) is 3.31. The number of hydrogen-bond acceptors (Lipinski definition) is 5. The summed E-state index contributed by atoms with van der Waals surface area (Å²) < 4.78 is 0. The molecule has 0 bridgehead atoms. The van der Waals surface area contributed by atoms with E-state index in [1.165, 1.54) is 6.34 Å². The van der Waals surface area contributed by atoms with Crippen molar-refractivity contribution in [3.63, 3.8) is 0 Å². The molecule has 0 radical (unpaired) electrons. The van der Waals surface area contributed by atoms with Gasteiger partial charge in [-0.1, -0.05) is 6.92 Å². The fourth-order valence-corrected chi connectivity index (χ4v) is 1.41. The van der Waals surface area contributed by atoms with Crippen LogP contribution in [0.2, 0.25) is 0 Å². The molecule has 0 saturated carbocycles. The minimum absolute atomic E-state index is 0.262. The molecule has 14 heavy (non-hydrogen) atoms. The van der Waals surface area contributed by atoms with Gasteiger partial charge in [0.15, 0.2) is 0 Å². The third-order valence-corrected chi connectivity index (χ3v) is 1.80. The molecule has 1 heterocycles. The van der Waals surface area contributed by atoms with Crippen molar-refractivity contribution in [3.8, 4) is 0 Å². The van der Waals surface area contributed by atoms with E-state index in [-0.39, 0.29) is 6.04 Å². The lowest BCUT2D eigenvalue weighted by atomic mass is 10.3. The molecule has 1 unspecified atom stereocenters. The van der Waals surface area contributed by atoms with Gasteiger partial charge in [0.25, 0.3) is 5.91 Å². The van der Waals surface area contributed by atoms with E-state index < -0.39 is 5.91 Å². The molecule has 0 aliphatic carbocycles. The SMILES string of the molecule is CCNC1(NC(C)C)N=CNC(Cl)=N1. The van der Waals surface area contributed by atoms with Crippen molar-refractivity contribution in [1.29, 1.82) is 0 Å². The van der Waals surface area contributed by atoms with Crippen LogP contribution in [-0.2, 0) is 0 Å². The lowest BCUT2D eigenvalue weighted by Crippen LogP contribution is -2.58. The van der Waals surface area contributed by atoms with E-state index in [0.717, 1.165) is 6.54 Å². The van der Waals surface area contributed by atoms with Gasteiger partial charge in [0, 0.05) is 6.04 Å². The molecule has 0 saturated heterocycles. The van der Waals surface area contributed by atoms with Crippen LogP contribution in [0.4, 0.5) is 0 Å². The molecule has 0 amide bonds. The maximum absolute atomic E-state index is 5.79. The van der Waals surface area contributed by atoms with Crippen molar-refractivity contribution < 1.29 is 0 Å². The van der Waals surface area contributed by atoms with Gasteiger partial charge in [0.1, 0.15) is 0 Å². The van der Waals surface area contributed by atoms with Crippen LogP contribution in [0, 0.1) is 0 Å². The van der Waals surface area contributed by atoms with Crippen LogP contribution in [0.3, 0.4) is 0 Å². The molecule has 1 rings (SSSR count). The molecule has 3 N–H and O–H groups in total. The van der Waals surface area contributed by atoms with E-state index >= 15 is 0 Å². The zero-order valence-electron chi connectivity index (χ0n) is 8.63. The van der Waals surface area contributed by atoms with Gasteiger partial charge in [-0.15, -0.1) is 0 Å². The standard InChI is InChI=1S/C8H16ClN5/c1-4-11-8(13-6(2)3)12-5-10-7(9)14-8/h5-6,11,13H,4H2,1-3H3,(H,10,12,14). The van der Waals surface area contributed by atoms with Crippen LogP contribution in [0.1, 0.15) is 20.8 Å². The van der Waals surface area contributed by atoms with Gasteiger partial charge in [-0.25, -0.2) is 4.99 Å². The van der Waals surface area contributed by atoms with E-state index in [1.54, 1.807) is 0 Å². The van der Waals surface area contributed by atoms with Crippen LogP contribution in [0.15, 0.2) is 9.98 Å². The predicted octanol–water partition coefficient (Wildman–Crippen LogP) is 0.431. The topological polar surface area (TPSA) is 60.8 Å². The largest absolute Gasteiger partial charge is 0.322 e. The molecule has 0 aromatic heterocycles. The number of nitrogens with zero attached hydrogens (tertiary/aromatic N) is 2. The van der Waals surface area contributed by atoms with Crippen LogP contribution in [-0.4, -0.2) is 30.1 Å². The number of halogens is 1. The van der Waals surface area contributed by atoms with Gasteiger partial charge in [0.05, 0.1) is 6.34 Å². The van der Waals surface area contributed by atoms with E-state index in [1.807, 2.05) is 20.8 Å². The summed E-state index contributed by atoms with van der Waals surface area (Å²) >= 11 is 5.79. The van der Waals surface area contributed by atoms with Crippen molar-refractivity contribution in [1.82, 2.24) is 16.0 Å². The number of aliphatic imine (C=N–C) groups is 2. The Bertz CT molecular complexity index is 250. The van der Waals surface area contributed by atoms with Gasteiger partial charge in [0.2, 0.25) is 5.29 Å². The Balaban J connectivity index is 2.80. The van der Waals surface area contributed by atoms with Gasteiger partial charge >= 0.3 is 0 Å². The smallest absolute Gasteiger partial charge is 0.268 e.